The smallest absolute Gasteiger partial charge is 0.246 e. The third-order valence-corrected chi connectivity index (χ3v) is 6.19. The van der Waals surface area contributed by atoms with E-state index < -0.39 is 26.6 Å². The molecule has 140 valence electrons. The van der Waals surface area contributed by atoms with Gasteiger partial charge in [-0.2, -0.15) is 4.31 Å². The van der Waals surface area contributed by atoms with Crippen molar-refractivity contribution in [2.75, 3.05) is 39.3 Å². The fraction of sp³-hybridized carbons (Fsp3) is 0.333. The van der Waals surface area contributed by atoms with E-state index in [1.807, 2.05) is 30.3 Å². The van der Waals surface area contributed by atoms with Gasteiger partial charge in [0, 0.05) is 38.8 Å². The molecule has 1 fully saturated rings. The Morgan fingerprint density at radius 2 is 1.65 bits per heavy atom. The number of ether oxygens (including phenoxy) is 1. The first-order chi connectivity index (χ1) is 12.5. The van der Waals surface area contributed by atoms with E-state index in [0.29, 0.717) is 32.3 Å². The summed E-state index contributed by atoms with van der Waals surface area (Å²) in [5.41, 5.74) is 0. The zero-order valence-electron chi connectivity index (χ0n) is 14.1. The second-order valence-electron chi connectivity index (χ2n) is 5.98. The first kappa shape index (κ1) is 18.8. The second-order valence-corrected chi connectivity index (χ2v) is 7.89. The minimum Gasteiger partial charge on any atom is -0.492 e. The van der Waals surface area contributed by atoms with Gasteiger partial charge in [0.2, 0.25) is 10.0 Å². The maximum Gasteiger partial charge on any atom is 0.246 e. The van der Waals surface area contributed by atoms with Crippen molar-refractivity contribution in [1.82, 2.24) is 9.21 Å². The zero-order chi connectivity index (χ0) is 18.6. The van der Waals surface area contributed by atoms with Crippen LogP contribution in [-0.4, -0.2) is 57.0 Å². The number of piperazine rings is 1. The van der Waals surface area contributed by atoms with Crippen molar-refractivity contribution in [3.8, 4) is 5.75 Å². The third kappa shape index (κ3) is 4.38. The van der Waals surface area contributed by atoms with Crippen LogP contribution < -0.4 is 4.74 Å². The largest absolute Gasteiger partial charge is 0.492 e. The first-order valence-corrected chi connectivity index (χ1v) is 9.76. The van der Waals surface area contributed by atoms with Crippen molar-refractivity contribution in [2.24, 2.45) is 0 Å². The average Bonchev–Trinajstić information content (AvgIpc) is 2.63. The number of hydrogen-bond acceptors (Lipinski definition) is 4. The summed E-state index contributed by atoms with van der Waals surface area (Å²) in [4.78, 5) is 1.61. The van der Waals surface area contributed by atoms with Crippen LogP contribution in [0.5, 0.6) is 5.75 Å². The van der Waals surface area contributed by atoms with Gasteiger partial charge in [0.15, 0.2) is 0 Å². The molecule has 0 radical (unpaired) electrons. The lowest BCUT2D eigenvalue weighted by Gasteiger charge is -2.33. The molecule has 0 atom stereocenters. The van der Waals surface area contributed by atoms with Gasteiger partial charge in [-0.25, -0.2) is 17.2 Å². The predicted octanol–water partition coefficient (Wildman–Crippen LogP) is 2.35. The topological polar surface area (TPSA) is 49.9 Å². The van der Waals surface area contributed by atoms with Crippen molar-refractivity contribution in [2.45, 2.75) is 4.90 Å². The van der Waals surface area contributed by atoms with Crippen LogP contribution in [0.4, 0.5) is 8.78 Å². The molecular weight excluding hydrogens is 362 g/mol. The number of hydrogen-bond donors (Lipinski definition) is 0. The number of halogens is 2. The van der Waals surface area contributed by atoms with Gasteiger partial charge in [-0.1, -0.05) is 18.2 Å². The first-order valence-electron chi connectivity index (χ1n) is 8.32. The number of rotatable bonds is 6. The highest BCUT2D eigenvalue weighted by Crippen LogP contribution is 2.21. The van der Waals surface area contributed by atoms with Crippen molar-refractivity contribution in [3.05, 3.63) is 60.2 Å². The molecule has 0 bridgehead atoms. The standard InChI is InChI=1S/C18H20F2N2O3S/c19-15-6-7-18(17(20)14-15)26(23,24)22-10-8-21(9-11-22)12-13-25-16-4-2-1-3-5-16/h1-7,14H,8-13H2. The van der Waals surface area contributed by atoms with Gasteiger partial charge in [-0.15, -0.1) is 0 Å². The van der Waals surface area contributed by atoms with Crippen molar-refractivity contribution in [1.29, 1.82) is 0 Å². The van der Waals surface area contributed by atoms with Crippen molar-refractivity contribution >= 4 is 10.0 Å². The van der Waals surface area contributed by atoms with E-state index in [2.05, 4.69) is 4.90 Å². The van der Waals surface area contributed by atoms with Crippen LogP contribution in [0.15, 0.2) is 53.4 Å². The van der Waals surface area contributed by atoms with Gasteiger partial charge in [0.1, 0.15) is 28.9 Å². The van der Waals surface area contributed by atoms with Gasteiger partial charge in [-0.05, 0) is 24.3 Å². The van der Waals surface area contributed by atoms with E-state index in [1.54, 1.807) is 0 Å². The van der Waals surface area contributed by atoms with Crippen molar-refractivity contribution < 1.29 is 21.9 Å². The molecule has 5 nitrogen and oxygen atoms in total. The Bertz CT molecular complexity index is 839. The van der Waals surface area contributed by atoms with E-state index in [1.165, 1.54) is 4.31 Å². The van der Waals surface area contributed by atoms with Gasteiger partial charge in [0.05, 0.1) is 0 Å². The molecule has 0 unspecified atom stereocenters. The molecule has 2 aromatic carbocycles. The summed E-state index contributed by atoms with van der Waals surface area (Å²) >= 11 is 0. The van der Waals surface area contributed by atoms with Gasteiger partial charge < -0.3 is 4.74 Å². The second kappa shape index (κ2) is 8.11. The molecule has 26 heavy (non-hydrogen) atoms. The normalized spacial score (nSPS) is 16.5. The summed E-state index contributed by atoms with van der Waals surface area (Å²) in [6, 6.07) is 12.0. The monoisotopic (exact) mass is 382 g/mol. The highest BCUT2D eigenvalue weighted by atomic mass is 32.2. The molecule has 1 saturated heterocycles. The summed E-state index contributed by atoms with van der Waals surface area (Å²) in [5.74, 6) is -1.08. The van der Waals surface area contributed by atoms with Crippen LogP contribution in [0.1, 0.15) is 0 Å². The quantitative estimate of drug-likeness (QED) is 0.770. The van der Waals surface area contributed by atoms with Crippen LogP contribution in [0, 0.1) is 11.6 Å². The Hall–Kier alpha value is -2.03. The van der Waals surface area contributed by atoms with Gasteiger partial charge in [-0.3, -0.25) is 4.90 Å². The number of para-hydroxylation sites is 1. The molecule has 0 aromatic heterocycles. The summed E-state index contributed by atoms with van der Waals surface area (Å²) in [7, 11) is -3.96. The lowest BCUT2D eigenvalue weighted by molar-refractivity contribution is 0.158. The Morgan fingerprint density at radius 3 is 2.31 bits per heavy atom. The highest BCUT2D eigenvalue weighted by molar-refractivity contribution is 7.89. The fourth-order valence-electron chi connectivity index (χ4n) is 2.83. The minimum absolute atomic E-state index is 0.254. The van der Waals surface area contributed by atoms with Crippen LogP contribution in [0.3, 0.4) is 0 Å². The van der Waals surface area contributed by atoms with Crippen LogP contribution in [0.2, 0.25) is 0 Å². The third-order valence-electron chi connectivity index (χ3n) is 4.26. The van der Waals surface area contributed by atoms with E-state index in [4.69, 9.17) is 4.74 Å². The molecular formula is C18H20F2N2O3S. The maximum atomic E-state index is 13.8. The Morgan fingerprint density at radius 1 is 0.962 bits per heavy atom. The highest BCUT2D eigenvalue weighted by Gasteiger charge is 2.30. The van der Waals surface area contributed by atoms with E-state index in [-0.39, 0.29) is 13.1 Å². The Balaban J connectivity index is 1.53. The Kier molecular flexibility index (Phi) is 5.85. The molecule has 1 aliphatic heterocycles. The molecule has 0 N–H and O–H groups in total. The predicted molar refractivity (Wildman–Crippen MR) is 93.5 cm³/mol. The minimum atomic E-state index is -3.96. The van der Waals surface area contributed by atoms with Crippen LogP contribution in [0.25, 0.3) is 0 Å². The summed E-state index contributed by atoms with van der Waals surface area (Å²) in [6.45, 7) is 2.74. The number of benzene rings is 2. The van der Waals surface area contributed by atoms with Crippen LogP contribution in [-0.2, 0) is 10.0 Å². The van der Waals surface area contributed by atoms with Gasteiger partial charge in [0.25, 0.3) is 0 Å². The number of sulfonamides is 1. The molecule has 2 aromatic rings. The summed E-state index contributed by atoms with van der Waals surface area (Å²) in [6.07, 6.45) is 0. The summed E-state index contributed by atoms with van der Waals surface area (Å²) < 4.78 is 58.8. The molecule has 0 saturated carbocycles. The lowest BCUT2D eigenvalue weighted by atomic mass is 10.3. The molecule has 0 aliphatic carbocycles. The number of nitrogens with zero attached hydrogens (tertiary/aromatic N) is 2. The van der Waals surface area contributed by atoms with E-state index in [9.17, 15) is 17.2 Å². The SMILES string of the molecule is O=S(=O)(c1ccc(F)cc1F)N1CCN(CCOc2ccccc2)CC1. The van der Waals surface area contributed by atoms with Gasteiger partial charge >= 0.3 is 0 Å². The molecule has 1 aliphatic rings. The molecule has 1 heterocycles. The van der Waals surface area contributed by atoms with E-state index in [0.717, 1.165) is 17.9 Å². The van der Waals surface area contributed by atoms with Crippen molar-refractivity contribution in [3.63, 3.8) is 0 Å². The van der Waals surface area contributed by atoms with E-state index >= 15 is 0 Å². The molecule has 0 amide bonds. The summed E-state index contributed by atoms with van der Waals surface area (Å²) in [5, 5.41) is 0. The van der Waals surface area contributed by atoms with Crippen LogP contribution >= 0.6 is 0 Å². The average molecular weight is 382 g/mol. The molecule has 8 heteroatoms. The molecule has 0 spiro atoms. The Labute approximate surface area is 151 Å². The molecule has 3 rings (SSSR count). The lowest BCUT2D eigenvalue weighted by Crippen LogP contribution is -2.49. The maximum absolute atomic E-state index is 13.8. The fourth-order valence-corrected chi connectivity index (χ4v) is 4.29. The zero-order valence-corrected chi connectivity index (χ0v) is 15.0.